The molecule has 1 rings (SSSR count). The number of hydrogen-bond acceptors (Lipinski definition) is 3. The van der Waals surface area contributed by atoms with Gasteiger partial charge in [0, 0.05) is 17.9 Å². The fourth-order valence-corrected chi connectivity index (χ4v) is 2.02. The average molecular weight is 252 g/mol. The Morgan fingerprint density at radius 3 is 2.56 bits per heavy atom. The van der Waals surface area contributed by atoms with Gasteiger partial charge in [-0.05, 0) is 38.8 Å². The van der Waals surface area contributed by atoms with Crippen LogP contribution in [-0.2, 0) is 6.42 Å². The fourth-order valence-electron chi connectivity index (χ4n) is 2.02. The van der Waals surface area contributed by atoms with Crippen LogP contribution < -0.4 is 0 Å². The topological polar surface area (TPSA) is 73.7 Å². The summed E-state index contributed by atoms with van der Waals surface area (Å²) in [7, 11) is 0. The number of aliphatic hydroxyl groups excluding tert-OH is 1. The minimum Gasteiger partial charge on any atom is -0.465 e. The van der Waals surface area contributed by atoms with E-state index in [1.165, 1.54) is 4.90 Å². The first-order valence-corrected chi connectivity index (χ1v) is 5.88. The SMILES string of the molecule is CC(C)(C)N(C(=O)O)[C@H](CO)Cc1cccnc1. The van der Waals surface area contributed by atoms with Crippen LogP contribution in [0.25, 0.3) is 0 Å². The Bertz CT molecular complexity index is 387. The first-order chi connectivity index (χ1) is 8.36. The van der Waals surface area contributed by atoms with E-state index in [-0.39, 0.29) is 6.61 Å². The Balaban J connectivity index is 2.90. The largest absolute Gasteiger partial charge is 0.465 e. The van der Waals surface area contributed by atoms with E-state index in [1.54, 1.807) is 18.5 Å². The lowest BCUT2D eigenvalue weighted by Crippen LogP contribution is -2.53. The van der Waals surface area contributed by atoms with Gasteiger partial charge in [-0.15, -0.1) is 0 Å². The van der Waals surface area contributed by atoms with E-state index in [2.05, 4.69) is 4.98 Å². The molecule has 0 aliphatic carbocycles. The van der Waals surface area contributed by atoms with Gasteiger partial charge in [0.1, 0.15) is 0 Å². The maximum Gasteiger partial charge on any atom is 0.408 e. The number of amides is 1. The summed E-state index contributed by atoms with van der Waals surface area (Å²) in [6.45, 7) is 5.23. The highest BCUT2D eigenvalue weighted by Gasteiger charge is 2.32. The summed E-state index contributed by atoms with van der Waals surface area (Å²) < 4.78 is 0. The van der Waals surface area contributed by atoms with E-state index >= 15 is 0 Å². The number of pyridine rings is 1. The van der Waals surface area contributed by atoms with E-state index in [4.69, 9.17) is 0 Å². The summed E-state index contributed by atoms with van der Waals surface area (Å²) in [6.07, 6.45) is 2.78. The molecule has 0 fully saturated rings. The Kier molecular flexibility index (Phi) is 4.67. The van der Waals surface area contributed by atoms with E-state index in [0.29, 0.717) is 6.42 Å². The van der Waals surface area contributed by atoms with E-state index < -0.39 is 17.7 Å². The van der Waals surface area contributed by atoms with E-state index in [1.807, 2.05) is 26.8 Å². The molecule has 0 saturated carbocycles. The van der Waals surface area contributed by atoms with Crippen molar-refractivity contribution in [1.82, 2.24) is 9.88 Å². The molecule has 0 aliphatic heterocycles. The van der Waals surface area contributed by atoms with Crippen LogP contribution in [0, 0.1) is 0 Å². The van der Waals surface area contributed by atoms with Crippen LogP contribution in [0.15, 0.2) is 24.5 Å². The van der Waals surface area contributed by atoms with Crippen LogP contribution in [0.5, 0.6) is 0 Å². The normalized spacial score (nSPS) is 13.1. The zero-order chi connectivity index (χ0) is 13.8. The standard InChI is InChI=1S/C13H20N2O3/c1-13(2,3)15(12(17)18)11(9-16)7-10-5-4-6-14-8-10/h4-6,8,11,16H,7,9H2,1-3H3,(H,17,18)/t11-/m0/s1. The highest BCUT2D eigenvalue weighted by atomic mass is 16.4. The van der Waals surface area contributed by atoms with Crippen LogP contribution in [-0.4, -0.2) is 44.4 Å². The molecule has 0 aliphatic rings. The van der Waals surface area contributed by atoms with Crippen molar-refractivity contribution in [2.75, 3.05) is 6.61 Å². The summed E-state index contributed by atoms with van der Waals surface area (Å²) in [5.41, 5.74) is 0.355. The van der Waals surface area contributed by atoms with Gasteiger partial charge >= 0.3 is 6.09 Å². The van der Waals surface area contributed by atoms with Gasteiger partial charge in [-0.1, -0.05) is 6.07 Å². The molecule has 0 radical (unpaired) electrons. The van der Waals surface area contributed by atoms with Gasteiger partial charge in [-0.25, -0.2) is 4.79 Å². The smallest absolute Gasteiger partial charge is 0.408 e. The predicted molar refractivity (Wildman–Crippen MR) is 68.4 cm³/mol. The monoisotopic (exact) mass is 252 g/mol. The zero-order valence-corrected chi connectivity index (χ0v) is 11.0. The Morgan fingerprint density at radius 1 is 1.50 bits per heavy atom. The highest BCUT2D eigenvalue weighted by Crippen LogP contribution is 2.19. The Hall–Kier alpha value is -1.62. The molecule has 1 aromatic heterocycles. The molecule has 100 valence electrons. The third-order valence-electron chi connectivity index (χ3n) is 2.70. The van der Waals surface area contributed by atoms with Crippen LogP contribution >= 0.6 is 0 Å². The lowest BCUT2D eigenvalue weighted by Gasteiger charge is -2.39. The molecule has 0 aromatic carbocycles. The molecule has 1 aromatic rings. The molecule has 2 N–H and O–H groups in total. The third-order valence-corrected chi connectivity index (χ3v) is 2.70. The maximum absolute atomic E-state index is 11.3. The lowest BCUT2D eigenvalue weighted by atomic mass is 10.00. The highest BCUT2D eigenvalue weighted by molar-refractivity contribution is 5.66. The number of carbonyl (C=O) groups is 1. The average Bonchev–Trinajstić information content (AvgIpc) is 2.27. The summed E-state index contributed by atoms with van der Waals surface area (Å²) in [6, 6.07) is 3.20. The predicted octanol–water partition coefficient (Wildman–Crippen LogP) is 1.76. The van der Waals surface area contributed by atoms with Crippen molar-refractivity contribution < 1.29 is 15.0 Å². The second kappa shape index (κ2) is 5.82. The molecule has 0 unspecified atom stereocenters. The molecule has 1 amide bonds. The second-order valence-corrected chi connectivity index (χ2v) is 5.23. The number of carboxylic acid groups (broad SMARTS) is 1. The van der Waals surface area contributed by atoms with Crippen molar-refractivity contribution in [2.45, 2.75) is 38.8 Å². The van der Waals surface area contributed by atoms with Crippen LogP contribution in [0.1, 0.15) is 26.3 Å². The molecular weight excluding hydrogens is 232 g/mol. The maximum atomic E-state index is 11.3. The first-order valence-electron chi connectivity index (χ1n) is 5.88. The molecule has 0 saturated heterocycles. The minimum atomic E-state index is -1.02. The van der Waals surface area contributed by atoms with Gasteiger partial charge in [-0.2, -0.15) is 0 Å². The number of aromatic nitrogens is 1. The van der Waals surface area contributed by atoms with E-state index in [0.717, 1.165) is 5.56 Å². The fraction of sp³-hybridized carbons (Fsp3) is 0.538. The van der Waals surface area contributed by atoms with Crippen LogP contribution in [0.4, 0.5) is 4.79 Å². The van der Waals surface area contributed by atoms with Crippen molar-refractivity contribution in [3.8, 4) is 0 Å². The second-order valence-electron chi connectivity index (χ2n) is 5.23. The van der Waals surface area contributed by atoms with Crippen molar-refractivity contribution in [3.05, 3.63) is 30.1 Å². The Morgan fingerprint density at radius 2 is 2.17 bits per heavy atom. The molecule has 5 nitrogen and oxygen atoms in total. The third kappa shape index (κ3) is 3.70. The van der Waals surface area contributed by atoms with Crippen molar-refractivity contribution in [2.24, 2.45) is 0 Å². The van der Waals surface area contributed by atoms with Crippen LogP contribution in [0.2, 0.25) is 0 Å². The quantitative estimate of drug-likeness (QED) is 0.856. The summed E-state index contributed by atoms with van der Waals surface area (Å²) in [5.74, 6) is 0. The van der Waals surface area contributed by atoms with Crippen molar-refractivity contribution in [1.29, 1.82) is 0 Å². The summed E-state index contributed by atoms with van der Waals surface area (Å²) >= 11 is 0. The van der Waals surface area contributed by atoms with Gasteiger partial charge in [0.05, 0.1) is 12.6 Å². The van der Waals surface area contributed by atoms with Crippen molar-refractivity contribution in [3.63, 3.8) is 0 Å². The van der Waals surface area contributed by atoms with Gasteiger partial charge in [-0.3, -0.25) is 9.88 Å². The molecule has 5 heteroatoms. The molecule has 1 atom stereocenters. The molecular formula is C13H20N2O3. The number of nitrogens with zero attached hydrogens (tertiary/aromatic N) is 2. The molecule has 18 heavy (non-hydrogen) atoms. The van der Waals surface area contributed by atoms with E-state index in [9.17, 15) is 15.0 Å². The molecule has 0 spiro atoms. The first kappa shape index (κ1) is 14.4. The van der Waals surface area contributed by atoms with Gasteiger partial charge in [0.2, 0.25) is 0 Å². The number of hydrogen-bond donors (Lipinski definition) is 2. The Labute approximate surface area is 107 Å². The molecule has 0 bridgehead atoms. The van der Waals surface area contributed by atoms with Gasteiger partial charge in [0.15, 0.2) is 0 Å². The lowest BCUT2D eigenvalue weighted by molar-refractivity contribution is 0.0465. The number of rotatable bonds is 4. The van der Waals surface area contributed by atoms with Crippen molar-refractivity contribution >= 4 is 6.09 Å². The molecule has 1 heterocycles. The summed E-state index contributed by atoms with van der Waals surface area (Å²) in [4.78, 5) is 16.6. The van der Waals surface area contributed by atoms with Gasteiger partial charge in [0.25, 0.3) is 0 Å². The zero-order valence-electron chi connectivity index (χ0n) is 11.0. The van der Waals surface area contributed by atoms with Gasteiger partial charge < -0.3 is 10.2 Å². The number of aliphatic hydroxyl groups is 1. The summed E-state index contributed by atoms with van der Waals surface area (Å²) in [5, 5.41) is 18.7. The minimum absolute atomic E-state index is 0.210. The van der Waals surface area contributed by atoms with Crippen LogP contribution in [0.3, 0.4) is 0 Å².